The summed E-state index contributed by atoms with van der Waals surface area (Å²) in [6.45, 7) is 4.15. The maximum atomic E-state index is 3.95. The molecule has 1 heterocycles. The van der Waals surface area contributed by atoms with Crippen molar-refractivity contribution < 1.29 is 0 Å². The van der Waals surface area contributed by atoms with Crippen molar-refractivity contribution in [2.45, 2.75) is 6.92 Å². The highest BCUT2D eigenvalue weighted by molar-refractivity contribution is 5.80. The summed E-state index contributed by atoms with van der Waals surface area (Å²) in [5, 5.41) is 3.24. The summed E-state index contributed by atoms with van der Waals surface area (Å²) in [6, 6.07) is 0. The van der Waals surface area contributed by atoms with E-state index in [4.69, 9.17) is 0 Å². The zero-order valence-corrected chi connectivity index (χ0v) is 5.94. The largest absolute Gasteiger partial charge is 0.309 e. The molecule has 0 saturated carbocycles. The number of rotatable bonds is 1. The molecule has 1 rings (SSSR count). The quantitative estimate of drug-likeness (QED) is 0.509. The van der Waals surface area contributed by atoms with Crippen LogP contribution in [-0.2, 0) is 0 Å². The monoisotopic (exact) mass is 124 g/mol. The van der Waals surface area contributed by atoms with Crippen LogP contribution in [0.4, 0.5) is 0 Å². The molecule has 0 amide bonds. The van der Waals surface area contributed by atoms with Gasteiger partial charge < -0.3 is 5.32 Å². The molecule has 0 aliphatic carbocycles. The van der Waals surface area contributed by atoms with E-state index in [1.807, 2.05) is 6.21 Å². The molecule has 1 aliphatic heterocycles. The first-order chi connectivity index (χ1) is 4.34. The summed E-state index contributed by atoms with van der Waals surface area (Å²) >= 11 is 0. The van der Waals surface area contributed by atoms with Gasteiger partial charge in [0.15, 0.2) is 0 Å². The number of nitrogens with one attached hydrogen (secondary N) is 1. The number of hydrogen-bond donors (Lipinski definition) is 1. The Hall–Kier alpha value is -0.630. The number of hydrogen-bond acceptors (Lipinski definition) is 2. The third-order valence-corrected chi connectivity index (χ3v) is 1.54. The lowest BCUT2D eigenvalue weighted by Crippen LogP contribution is -2.08. The van der Waals surface area contributed by atoms with Gasteiger partial charge in [0, 0.05) is 26.4 Å². The normalized spacial score (nSPS) is 20.2. The Morgan fingerprint density at radius 2 is 2.33 bits per heavy atom. The lowest BCUT2D eigenvalue weighted by molar-refractivity contribution is 0.871. The molecule has 0 radical (unpaired) electrons. The summed E-state index contributed by atoms with van der Waals surface area (Å²) in [5.74, 6) is 0. The van der Waals surface area contributed by atoms with Crippen molar-refractivity contribution in [3.05, 3.63) is 11.1 Å². The molecule has 1 aliphatic rings. The van der Waals surface area contributed by atoms with Crippen molar-refractivity contribution in [2.24, 2.45) is 4.99 Å². The van der Waals surface area contributed by atoms with Gasteiger partial charge in [-0.2, -0.15) is 0 Å². The fourth-order valence-electron chi connectivity index (χ4n) is 0.961. The first kappa shape index (κ1) is 6.49. The summed E-state index contributed by atoms with van der Waals surface area (Å²) in [7, 11) is 1.80. The lowest BCUT2D eigenvalue weighted by atomic mass is 10.2. The van der Waals surface area contributed by atoms with Crippen LogP contribution in [-0.4, -0.2) is 26.4 Å². The van der Waals surface area contributed by atoms with Gasteiger partial charge in [0.05, 0.1) is 0 Å². The Morgan fingerprint density at radius 3 is 2.78 bits per heavy atom. The maximum absolute atomic E-state index is 3.95. The summed E-state index contributed by atoms with van der Waals surface area (Å²) in [5.41, 5.74) is 2.76. The fourth-order valence-corrected chi connectivity index (χ4v) is 0.961. The van der Waals surface area contributed by atoms with Gasteiger partial charge in [0.25, 0.3) is 0 Å². The van der Waals surface area contributed by atoms with Crippen LogP contribution >= 0.6 is 0 Å². The molecule has 9 heavy (non-hydrogen) atoms. The van der Waals surface area contributed by atoms with E-state index < -0.39 is 0 Å². The SMILES string of the molecule is CN=CC1=C(C)CNC1. The van der Waals surface area contributed by atoms with E-state index in [0.29, 0.717) is 0 Å². The van der Waals surface area contributed by atoms with Crippen molar-refractivity contribution in [2.75, 3.05) is 20.1 Å². The third kappa shape index (κ3) is 1.39. The summed E-state index contributed by atoms with van der Waals surface area (Å²) < 4.78 is 0. The van der Waals surface area contributed by atoms with Crippen LogP contribution in [0, 0.1) is 0 Å². The highest BCUT2D eigenvalue weighted by atomic mass is 14.9. The molecule has 0 aromatic carbocycles. The molecule has 0 aromatic rings. The topological polar surface area (TPSA) is 24.4 Å². The molecule has 0 spiro atoms. The van der Waals surface area contributed by atoms with Crippen molar-refractivity contribution in [1.29, 1.82) is 0 Å². The minimum atomic E-state index is 0.989. The zero-order valence-electron chi connectivity index (χ0n) is 5.94. The summed E-state index contributed by atoms with van der Waals surface area (Å²) in [6.07, 6.45) is 1.93. The molecule has 0 aromatic heterocycles. The van der Waals surface area contributed by atoms with E-state index in [1.54, 1.807) is 7.05 Å². The van der Waals surface area contributed by atoms with E-state index in [-0.39, 0.29) is 0 Å². The van der Waals surface area contributed by atoms with E-state index >= 15 is 0 Å². The van der Waals surface area contributed by atoms with Gasteiger partial charge >= 0.3 is 0 Å². The molecule has 0 atom stereocenters. The molecular weight excluding hydrogens is 112 g/mol. The predicted molar refractivity (Wildman–Crippen MR) is 40.0 cm³/mol. The Morgan fingerprint density at radius 1 is 1.56 bits per heavy atom. The van der Waals surface area contributed by atoms with Crippen LogP contribution in [0.2, 0.25) is 0 Å². The van der Waals surface area contributed by atoms with Gasteiger partial charge in [0.2, 0.25) is 0 Å². The standard InChI is InChI=1S/C7H12N2/c1-6-3-9-5-7(6)4-8-2/h4,9H,3,5H2,1-2H3. The van der Waals surface area contributed by atoms with Crippen LogP contribution in [0.3, 0.4) is 0 Å². The summed E-state index contributed by atoms with van der Waals surface area (Å²) in [4.78, 5) is 3.95. The van der Waals surface area contributed by atoms with Crippen LogP contribution in [0.5, 0.6) is 0 Å². The Bertz CT molecular complexity index is 156. The molecule has 1 N–H and O–H groups in total. The van der Waals surface area contributed by atoms with Crippen LogP contribution in [0.15, 0.2) is 16.1 Å². The smallest absolute Gasteiger partial charge is 0.0277 e. The highest BCUT2D eigenvalue weighted by Crippen LogP contribution is 2.04. The molecule has 2 heteroatoms. The van der Waals surface area contributed by atoms with Gasteiger partial charge in [-0.05, 0) is 12.5 Å². The maximum Gasteiger partial charge on any atom is 0.0277 e. The van der Waals surface area contributed by atoms with Gasteiger partial charge in [-0.15, -0.1) is 0 Å². The number of nitrogens with zero attached hydrogens (tertiary/aromatic N) is 1. The van der Waals surface area contributed by atoms with Crippen molar-refractivity contribution in [3.8, 4) is 0 Å². The van der Waals surface area contributed by atoms with Crippen LogP contribution in [0.25, 0.3) is 0 Å². The van der Waals surface area contributed by atoms with Crippen molar-refractivity contribution in [3.63, 3.8) is 0 Å². The van der Waals surface area contributed by atoms with Gasteiger partial charge in [0.1, 0.15) is 0 Å². The molecule has 0 fully saturated rings. The van der Waals surface area contributed by atoms with Gasteiger partial charge in [-0.3, -0.25) is 4.99 Å². The molecular formula is C7H12N2. The van der Waals surface area contributed by atoms with Crippen LogP contribution < -0.4 is 5.32 Å². The Kier molecular flexibility index (Phi) is 2.01. The average Bonchev–Trinajstić information content (AvgIpc) is 2.18. The van der Waals surface area contributed by atoms with E-state index in [1.165, 1.54) is 11.1 Å². The van der Waals surface area contributed by atoms with E-state index in [0.717, 1.165) is 13.1 Å². The molecule has 0 saturated heterocycles. The van der Waals surface area contributed by atoms with Crippen molar-refractivity contribution >= 4 is 6.21 Å². The Labute approximate surface area is 55.7 Å². The highest BCUT2D eigenvalue weighted by Gasteiger charge is 2.05. The molecule has 2 nitrogen and oxygen atoms in total. The van der Waals surface area contributed by atoms with Crippen molar-refractivity contribution in [1.82, 2.24) is 5.32 Å². The van der Waals surface area contributed by atoms with Crippen LogP contribution in [0.1, 0.15) is 6.92 Å². The van der Waals surface area contributed by atoms with Gasteiger partial charge in [-0.25, -0.2) is 0 Å². The second kappa shape index (κ2) is 2.78. The zero-order chi connectivity index (χ0) is 6.69. The second-order valence-electron chi connectivity index (χ2n) is 2.30. The first-order valence-corrected chi connectivity index (χ1v) is 3.16. The number of aliphatic imine (C=N–C) groups is 1. The minimum Gasteiger partial charge on any atom is -0.309 e. The third-order valence-electron chi connectivity index (χ3n) is 1.54. The van der Waals surface area contributed by atoms with Gasteiger partial charge in [-0.1, -0.05) is 5.57 Å². The lowest BCUT2D eigenvalue weighted by Gasteiger charge is -1.89. The molecule has 50 valence electrons. The Balaban J connectivity index is 2.66. The first-order valence-electron chi connectivity index (χ1n) is 3.16. The van der Waals surface area contributed by atoms with E-state index in [9.17, 15) is 0 Å². The molecule has 0 unspecified atom stereocenters. The predicted octanol–water partition coefficient (Wildman–Crippen LogP) is 0.607. The minimum absolute atomic E-state index is 0.989. The second-order valence-corrected chi connectivity index (χ2v) is 2.30. The average molecular weight is 124 g/mol. The molecule has 0 bridgehead atoms. The van der Waals surface area contributed by atoms with E-state index in [2.05, 4.69) is 17.2 Å². The fraction of sp³-hybridized carbons (Fsp3) is 0.571.